The number of amides is 1. The fourth-order valence-corrected chi connectivity index (χ4v) is 3.09. The molecule has 1 amide bonds. The highest BCUT2D eigenvalue weighted by atomic mass is 16.5. The van der Waals surface area contributed by atoms with E-state index in [1.165, 1.54) is 0 Å². The van der Waals surface area contributed by atoms with Crippen molar-refractivity contribution in [2.75, 3.05) is 13.2 Å². The second-order valence-electron chi connectivity index (χ2n) is 5.88. The average molecular weight is 315 g/mol. The topological polar surface area (TPSA) is 79.5 Å². The van der Waals surface area contributed by atoms with Crippen molar-refractivity contribution >= 4 is 5.91 Å². The number of aryl methyl sites for hydroxylation is 1. The zero-order valence-corrected chi connectivity index (χ0v) is 13.2. The van der Waals surface area contributed by atoms with E-state index in [0.29, 0.717) is 23.7 Å². The fraction of sp³-hybridized carbons (Fsp3) is 0.471. The molecule has 1 saturated heterocycles. The standard InChI is InChI=1S/C17H21N3O3/c1-12-18-16(19-23-12)13-5-4-6-14(11-13)17(22)20-9-3-2-7-15(20)8-10-21/h4-6,11,15,21H,2-3,7-10H2,1H3. The summed E-state index contributed by atoms with van der Waals surface area (Å²) in [4.78, 5) is 18.9. The zero-order valence-electron chi connectivity index (χ0n) is 13.2. The van der Waals surface area contributed by atoms with E-state index in [9.17, 15) is 9.90 Å². The molecular weight excluding hydrogens is 294 g/mol. The van der Waals surface area contributed by atoms with Crippen molar-refractivity contribution in [1.82, 2.24) is 15.0 Å². The average Bonchev–Trinajstić information content (AvgIpc) is 3.02. The first-order valence-corrected chi connectivity index (χ1v) is 8.01. The molecule has 0 bridgehead atoms. The van der Waals surface area contributed by atoms with Crippen LogP contribution in [0.4, 0.5) is 0 Å². The number of benzene rings is 1. The largest absolute Gasteiger partial charge is 0.396 e. The molecule has 1 aromatic carbocycles. The highest BCUT2D eigenvalue weighted by Gasteiger charge is 2.27. The van der Waals surface area contributed by atoms with Crippen LogP contribution in [-0.4, -0.2) is 45.2 Å². The lowest BCUT2D eigenvalue weighted by Crippen LogP contribution is -2.44. The maximum absolute atomic E-state index is 12.9. The number of carbonyl (C=O) groups excluding carboxylic acids is 1. The zero-order chi connectivity index (χ0) is 16.2. The van der Waals surface area contributed by atoms with Gasteiger partial charge in [0.15, 0.2) is 0 Å². The summed E-state index contributed by atoms with van der Waals surface area (Å²) in [6.45, 7) is 2.59. The molecule has 0 saturated carbocycles. The van der Waals surface area contributed by atoms with E-state index in [4.69, 9.17) is 4.52 Å². The molecule has 6 nitrogen and oxygen atoms in total. The Hall–Kier alpha value is -2.21. The summed E-state index contributed by atoms with van der Waals surface area (Å²) in [6.07, 6.45) is 3.71. The molecule has 2 aromatic rings. The molecule has 1 fully saturated rings. The molecule has 3 rings (SSSR count). The molecule has 0 spiro atoms. The van der Waals surface area contributed by atoms with Gasteiger partial charge < -0.3 is 14.5 Å². The Morgan fingerprint density at radius 1 is 1.43 bits per heavy atom. The van der Waals surface area contributed by atoms with E-state index < -0.39 is 0 Å². The van der Waals surface area contributed by atoms with Crippen molar-refractivity contribution in [1.29, 1.82) is 0 Å². The SMILES string of the molecule is Cc1nc(-c2cccc(C(=O)N3CCCCC3CCO)c2)no1. The lowest BCUT2D eigenvalue weighted by molar-refractivity contribution is 0.0574. The number of aliphatic hydroxyl groups is 1. The molecule has 1 aliphatic heterocycles. The van der Waals surface area contributed by atoms with Gasteiger partial charge in [-0.2, -0.15) is 4.98 Å². The minimum absolute atomic E-state index is 0.00483. The second kappa shape index (κ2) is 6.91. The van der Waals surface area contributed by atoms with E-state index >= 15 is 0 Å². The predicted octanol–water partition coefficient (Wildman–Crippen LogP) is 2.42. The van der Waals surface area contributed by atoms with Gasteiger partial charge in [-0.05, 0) is 37.8 Å². The van der Waals surface area contributed by atoms with Crippen LogP contribution in [0.1, 0.15) is 41.9 Å². The Bertz CT molecular complexity index is 681. The first-order valence-electron chi connectivity index (χ1n) is 8.01. The van der Waals surface area contributed by atoms with Crippen molar-refractivity contribution in [3.8, 4) is 11.4 Å². The molecule has 2 heterocycles. The summed E-state index contributed by atoms with van der Waals surface area (Å²) >= 11 is 0. The van der Waals surface area contributed by atoms with Crippen molar-refractivity contribution in [3.05, 3.63) is 35.7 Å². The van der Waals surface area contributed by atoms with Gasteiger partial charge in [0.05, 0.1) is 0 Å². The number of piperidine rings is 1. The van der Waals surface area contributed by atoms with Gasteiger partial charge in [-0.3, -0.25) is 4.79 Å². The van der Waals surface area contributed by atoms with Gasteiger partial charge in [0.25, 0.3) is 5.91 Å². The molecule has 0 radical (unpaired) electrons. The maximum atomic E-state index is 12.9. The number of rotatable bonds is 4. The molecule has 122 valence electrons. The first-order chi connectivity index (χ1) is 11.2. The highest BCUT2D eigenvalue weighted by molar-refractivity contribution is 5.95. The van der Waals surface area contributed by atoms with E-state index in [-0.39, 0.29) is 18.6 Å². The number of carbonyl (C=O) groups is 1. The van der Waals surface area contributed by atoms with Crippen LogP contribution >= 0.6 is 0 Å². The van der Waals surface area contributed by atoms with Crippen LogP contribution in [0.15, 0.2) is 28.8 Å². The number of aromatic nitrogens is 2. The number of aliphatic hydroxyl groups excluding tert-OH is 1. The molecule has 1 N–H and O–H groups in total. The summed E-state index contributed by atoms with van der Waals surface area (Å²) in [6, 6.07) is 7.43. The molecule has 1 aliphatic rings. The Balaban J connectivity index is 1.84. The third-order valence-corrected chi connectivity index (χ3v) is 4.25. The third kappa shape index (κ3) is 3.42. The third-order valence-electron chi connectivity index (χ3n) is 4.25. The normalized spacial score (nSPS) is 18.2. The number of likely N-dealkylation sites (tertiary alicyclic amines) is 1. The Morgan fingerprint density at radius 3 is 3.04 bits per heavy atom. The summed E-state index contributed by atoms with van der Waals surface area (Å²) in [5, 5.41) is 13.1. The molecule has 23 heavy (non-hydrogen) atoms. The van der Waals surface area contributed by atoms with Gasteiger partial charge in [0.2, 0.25) is 11.7 Å². The number of hydrogen-bond acceptors (Lipinski definition) is 5. The van der Waals surface area contributed by atoms with Gasteiger partial charge in [-0.15, -0.1) is 0 Å². The molecule has 0 aliphatic carbocycles. The minimum atomic E-state index is 0.00483. The van der Waals surface area contributed by atoms with Crippen molar-refractivity contribution < 1.29 is 14.4 Å². The number of hydrogen-bond donors (Lipinski definition) is 1. The summed E-state index contributed by atoms with van der Waals surface area (Å²) in [5.74, 6) is 0.990. The fourth-order valence-electron chi connectivity index (χ4n) is 3.09. The number of nitrogens with zero attached hydrogens (tertiary/aromatic N) is 3. The van der Waals surface area contributed by atoms with E-state index in [2.05, 4.69) is 10.1 Å². The van der Waals surface area contributed by atoms with Crippen LogP contribution in [0.3, 0.4) is 0 Å². The van der Waals surface area contributed by atoms with Gasteiger partial charge in [0, 0.05) is 37.2 Å². The molecule has 1 atom stereocenters. The van der Waals surface area contributed by atoms with Crippen LogP contribution in [-0.2, 0) is 0 Å². The van der Waals surface area contributed by atoms with Gasteiger partial charge >= 0.3 is 0 Å². The quantitative estimate of drug-likeness (QED) is 0.937. The summed E-state index contributed by atoms with van der Waals surface area (Å²) in [7, 11) is 0. The molecular formula is C17H21N3O3. The Kier molecular flexibility index (Phi) is 4.71. The summed E-state index contributed by atoms with van der Waals surface area (Å²) in [5.41, 5.74) is 1.39. The highest BCUT2D eigenvalue weighted by Crippen LogP contribution is 2.24. The lowest BCUT2D eigenvalue weighted by Gasteiger charge is -2.35. The predicted molar refractivity (Wildman–Crippen MR) is 84.8 cm³/mol. The van der Waals surface area contributed by atoms with Gasteiger partial charge in [0.1, 0.15) is 0 Å². The first kappa shape index (κ1) is 15.7. The summed E-state index contributed by atoms with van der Waals surface area (Å²) < 4.78 is 5.00. The van der Waals surface area contributed by atoms with E-state index in [1.807, 2.05) is 23.1 Å². The van der Waals surface area contributed by atoms with E-state index in [1.54, 1.807) is 13.0 Å². The van der Waals surface area contributed by atoms with Crippen LogP contribution in [0.25, 0.3) is 11.4 Å². The lowest BCUT2D eigenvalue weighted by atomic mass is 9.98. The van der Waals surface area contributed by atoms with Gasteiger partial charge in [-0.25, -0.2) is 0 Å². The minimum Gasteiger partial charge on any atom is -0.396 e. The smallest absolute Gasteiger partial charge is 0.254 e. The van der Waals surface area contributed by atoms with Crippen molar-refractivity contribution in [2.45, 2.75) is 38.6 Å². The Labute approximate surface area is 135 Å². The molecule has 1 aromatic heterocycles. The van der Waals surface area contributed by atoms with Crippen LogP contribution < -0.4 is 0 Å². The molecule has 1 unspecified atom stereocenters. The van der Waals surface area contributed by atoms with Crippen molar-refractivity contribution in [2.24, 2.45) is 0 Å². The molecule has 6 heteroatoms. The van der Waals surface area contributed by atoms with Crippen LogP contribution in [0.2, 0.25) is 0 Å². The van der Waals surface area contributed by atoms with Gasteiger partial charge in [-0.1, -0.05) is 17.3 Å². The van der Waals surface area contributed by atoms with Crippen LogP contribution in [0, 0.1) is 6.92 Å². The monoisotopic (exact) mass is 315 g/mol. The van der Waals surface area contributed by atoms with Crippen molar-refractivity contribution in [3.63, 3.8) is 0 Å². The van der Waals surface area contributed by atoms with Crippen LogP contribution in [0.5, 0.6) is 0 Å². The maximum Gasteiger partial charge on any atom is 0.254 e. The second-order valence-corrected chi connectivity index (χ2v) is 5.88. The Morgan fingerprint density at radius 2 is 2.30 bits per heavy atom. The van der Waals surface area contributed by atoms with E-state index in [0.717, 1.165) is 31.4 Å².